The van der Waals surface area contributed by atoms with Gasteiger partial charge in [-0.25, -0.2) is 0 Å². The topological polar surface area (TPSA) is 48.0 Å². The normalized spacial score (nSPS) is 13.3. The van der Waals surface area contributed by atoms with Crippen LogP contribution in [-0.2, 0) is 6.54 Å². The number of allylic oxidation sites excluding steroid dienone is 1. The minimum absolute atomic E-state index is 0.363. The number of amides is 1. The zero-order valence-corrected chi connectivity index (χ0v) is 8.10. The lowest BCUT2D eigenvalue weighted by atomic mass is 10.1. The zero-order valence-electron chi connectivity index (χ0n) is 8.10. The van der Waals surface area contributed by atoms with Crippen LogP contribution in [0.3, 0.4) is 0 Å². The molecule has 1 amide bonds. The molecule has 1 aliphatic rings. The fourth-order valence-corrected chi connectivity index (χ4v) is 2.16. The zero-order chi connectivity index (χ0) is 10.4. The molecule has 15 heavy (non-hydrogen) atoms. The van der Waals surface area contributed by atoms with Crippen molar-refractivity contribution in [3.8, 4) is 0 Å². The molecule has 2 aromatic rings. The van der Waals surface area contributed by atoms with Gasteiger partial charge < -0.3 is 10.3 Å². The Morgan fingerprint density at radius 3 is 3.07 bits per heavy atom. The van der Waals surface area contributed by atoms with Crippen molar-refractivity contribution in [3.05, 3.63) is 41.6 Å². The molecule has 3 rings (SSSR count). The summed E-state index contributed by atoms with van der Waals surface area (Å²) < 4.78 is 2.06. The fraction of sp³-hybridized carbons (Fsp3) is 0.0833. The number of benzene rings is 1. The van der Waals surface area contributed by atoms with Crippen molar-refractivity contribution < 1.29 is 4.79 Å². The van der Waals surface area contributed by atoms with E-state index in [0.29, 0.717) is 5.56 Å². The highest BCUT2D eigenvalue weighted by Crippen LogP contribution is 2.27. The third-order valence-electron chi connectivity index (χ3n) is 2.79. The van der Waals surface area contributed by atoms with E-state index in [1.165, 1.54) is 0 Å². The first-order valence-electron chi connectivity index (χ1n) is 4.85. The Hall–Kier alpha value is -2.03. The van der Waals surface area contributed by atoms with Crippen LogP contribution in [0, 0.1) is 0 Å². The van der Waals surface area contributed by atoms with Crippen molar-refractivity contribution in [2.24, 2.45) is 5.73 Å². The molecule has 1 aromatic carbocycles. The summed E-state index contributed by atoms with van der Waals surface area (Å²) in [5.74, 6) is -0.363. The van der Waals surface area contributed by atoms with Crippen LogP contribution in [0.15, 0.2) is 30.5 Å². The molecule has 2 N–H and O–H groups in total. The number of carbonyl (C=O) groups is 1. The maximum absolute atomic E-state index is 11.3. The van der Waals surface area contributed by atoms with Crippen LogP contribution in [0.25, 0.3) is 17.0 Å². The first-order valence-corrected chi connectivity index (χ1v) is 4.85. The van der Waals surface area contributed by atoms with Crippen molar-refractivity contribution in [3.63, 3.8) is 0 Å². The molecule has 3 nitrogen and oxygen atoms in total. The van der Waals surface area contributed by atoms with Crippen LogP contribution in [0.1, 0.15) is 15.9 Å². The van der Waals surface area contributed by atoms with Gasteiger partial charge in [-0.3, -0.25) is 4.79 Å². The molecule has 0 saturated heterocycles. The number of aromatic nitrogens is 1. The molecule has 0 unspecified atom stereocenters. The number of hydrogen-bond donors (Lipinski definition) is 1. The predicted octanol–water partition coefficient (Wildman–Crippen LogP) is 1.77. The lowest BCUT2D eigenvalue weighted by Gasteiger charge is -2.09. The Morgan fingerprint density at radius 1 is 1.40 bits per heavy atom. The smallest absolute Gasteiger partial charge is 0.250 e. The maximum Gasteiger partial charge on any atom is 0.250 e. The SMILES string of the molecule is NC(=O)c1cn2c3c(cccc13)C=CC2. The van der Waals surface area contributed by atoms with E-state index in [4.69, 9.17) is 5.73 Å². The van der Waals surface area contributed by atoms with Crippen LogP contribution in [0.5, 0.6) is 0 Å². The van der Waals surface area contributed by atoms with Gasteiger partial charge in [-0.1, -0.05) is 30.4 Å². The molecule has 0 bridgehead atoms. The van der Waals surface area contributed by atoms with E-state index in [1.807, 2.05) is 24.4 Å². The second-order valence-corrected chi connectivity index (χ2v) is 3.71. The van der Waals surface area contributed by atoms with Crippen LogP contribution < -0.4 is 5.73 Å². The van der Waals surface area contributed by atoms with E-state index < -0.39 is 0 Å². The molecule has 2 heterocycles. The Kier molecular flexibility index (Phi) is 1.51. The lowest BCUT2D eigenvalue weighted by molar-refractivity contribution is 0.100. The lowest BCUT2D eigenvalue weighted by Crippen LogP contribution is -2.10. The number of rotatable bonds is 1. The van der Waals surface area contributed by atoms with Crippen molar-refractivity contribution in [2.75, 3.05) is 0 Å². The van der Waals surface area contributed by atoms with Crippen LogP contribution in [-0.4, -0.2) is 10.5 Å². The van der Waals surface area contributed by atoms with Crippen LogP contribution in [0.4, 0.5) is 0 Å². The maximum atomic E-state index is 11.3. The first kappa shape index (κ1) is 8.29. The average molecular weight is 198 g/mol. The van der Waals surface area contributed by atoms with Gasteiger partial charge in [0.2, 0.25) is 0 Å². The van der Waals surface area contributed by atoms with Crippen molar-refractivity contribution in [2.45, 2.75) is 6.54 Å². The van der Waals surface area contributed by atoms with E-state index in [-0.39, 0.29) is 5.91 Å². The molecule has 3 heteroatoms. The number of nitrogens with zero attached hydrogens (tertiary/aromatic N) is 1. The molecule has 0 radical (unpaired) electrons. The van der Waals surface area contributed by atoms with Crippen molar-refractivity contribution in [1.29, 1.82) is 0 Å². The molecular formula is C12H10N2O. The van der Waals surface area contributed by atoms with Gasteiger partial charge in [-0.2, -0.15) is 0 Å². The minimum atomic E-state index is -0.363. The summed E-state index contributed by atoms with van der Waals surface area (Å²) in [6.07, 6.45) is 5.99. The molecule has 0 spiro atoms. The van der Waals surface area contributed by atoms with Crippen molar-refractivity contribution >= 4 is 22.9 Å². The molecule has 0 atom stereocenters. The van der Waals surface area contributed by atoms with Gasteiger partial charge in [0.15, 0.2) is 0 Å². The number of hydrogen-bond acceptors (Lipinski definition) is 1. The Morgan fingerprint density at radius 2 is 2.27 bits per heavy atom. The van der Waals surface area contributed by atoms with E-state index in [2.05, 4.69) is 16.7 Å². The molecule has 0 saturated carbocycles. The second-order valence-electron chi connectivity index (χ2n) is 3.71. The fourth-order valence-electron chi connectivity index (χ4n) is 2.16. The van der Waals surface area contributed by atoms with Crippen molar-refractivity contribution in [1.82, 2.24) is 4.57 Å². The summed E-state index contributed by atoms with van der Waals surface area (Å²) in [4.78, 5) is 11.3. The summed E-state index contributed by atoms with van der Waals surface area (Å²) in [5.41, 5.74) is 8.20. The number of nitrogens with two attached hydrogens (primary N) is 1. The molecule has 1 aromatic heterocycles. The van der Waals surface area contributed by atoms with Crippen LogP contribution >= 0.6 is 0 Å². The Bertz CT molecular complexity index is 593. The third-order valence-corrected chi connectivity index (χ3v) is 2.79. The number of carbonyl (C=O) groups excluding carboxylic acids is 1. The standard InChI is InChI=1S/C12H10N2O/c13-12(15)10-7-14-6-2-4-8-3-1-5-9(10)11(8)14/h1-5,7H,6H2,(H2,13,15). The van der Waals surface area contributed by atoms with Gasteiger partial charge in [0.1, 0.15) is 0 Å². The largest absolute Gasteiger partial charge is 0.366 e. The molecule has 0 aliphatic carbocycles. The summed E-state index contributed by atoms with van der Waals surface area (Å²) in [6.45, 7) is 0.806. The summed E-state index contributed by atoms with van der Waals surface area (Å²) in [6, 6.07) is 5.93. The molecule has 0 fully saturated rings. The highest BCUT2D eigenvalue weighted by molar-refractivity contribution is 6.08. The van der Waals surface area contributed by atoms with Gasteiger partial charge in [-0.15, -0.1) is 0 Å². The summed E-state index contributed by atoms with van der Waals surface area (Å²) in [5, 5.41) is 0.948. The molecule has 1 aliphatic heterocycles. The van der Waals surface area contributed by atoms with Gasteiger partial charge in [0, 0.05) is 18.1 Å². The van der Waals surface area contributed by atoms with Gasteiger partial charge in [-0.05, 0) is 5.56 Å². The Balaban J connectivity index is 2.47. The average Bonchev–Trinajstić information content (AvgIpc) is 2.61. The first-order chi connectivity index (χ1) is 7.27. The highest BCUT2D eigenvalue weighted by Gasteiger charge is 2.15. The third kappa shape index (κ3) is 1.03. The predicted molar refractivity (Wildman–Crippen MR) is 59.5 cm³/mol. The van der Waals surface area contributed by atoms with E-state index in [1.54, 1.807) is 0 Å². The van der Waals surface area contributed by atoms with E-state index >= 15 is 0 Å². The Labute approximate surface area is 86.8 Å². The van der Waals surface area contributed by atoms with Gasteiger partial charge in [0.05, 0.1) is 11.1 Å². The van der Waals surface area contributed by atoms with Gasteiger partial charge in [0.25, 0.3) is 5.91 Å². The van der Waals surface area contributed by atoms with E-state index in [0.717, 1.165) is 23.0 Å². The number of primary amides is 1. The van der Waals surface area contributed by atoms with Crippen LogP contribution in [0.2, 0.25) is 0 Å². The highest BCUT2D eigenvalue weighted by atomic mass is 16.1. The summed E-state index contributed by atoms with van der Waals surface area (Å²) >= 11 is 0. The van der Waals surface area contributed by atoms with E-state index in [9.17, 15) is 4.79 Å². The monoisotopic (exact) mass is 198 g/mol. The summed E-state index contributed by atoms with van der Waals surface area (Å²) in [7, 11) is 0. The quantitative estimate of drug-likeness (QED) is 0.745. The van der Waals surface area contributed by atoms with Gasteiger partial charge >= 0.3 is 0 Å². The minimum Gasteiger partial charge on any atom is -0.366 e. The second kappa shape index (κ2) is 2.73. The number of para-hydroxylation sites is 1. The molecule has 74 valence electrons. The molecular weight excluding hydrogens is 188 g/mol.